The summed E-state index contributed by atoms with van der Waals surface area (Å²) in [6.45, 7) is 7.00. The van der Waals surface area contributed by atoms with Crippen LogP contribution in [0.2, 0.25) is 5.02 Å². The minimum absolute atomic E-state index is 0.00758. The molecule has 0 amide bonds. The van der Waals surface area contributed by atoms with Gasteiger partial charge >= 0.3 is 5.97 Å². The van der Waals surface area contributed by atoms with Crippen molar-refractivity contribution in [1.82, 2.24) is 24.4 Å². The molecule has 0 aliphatic rings. The highest BCUT2D eigenvalue weighted by molar-refractivity contribution is 7.85. The van der Waals surface area contributed by atoms with Crippen LogP contribution in [0.15, 0.2) is 34.6 Å². The first kappa shape index (κ1) is 21.4. The highest BCUT2D eigenvalue weighted by atomic mass is 35.5. The lowest BCUT2D eigenvalue weighted by atomic mass is 10.3. The lowest BCUT2D eigenvalue weighted by molar-refractivity contribution is 0.0594. The molecule has 3 aromatic heterocycles. The van der Waals surface area contributed by atoms with E-state index in [1.54, 1.807) is 18.2 Å². The number of fused-ring (bicyclic) bond motifs is 3. The number of azo groups is 1. The highest BCUT2D eigenvalue weighted by Gasteiger charge is 2.23. The Hall–Kier alpha value is -3.80. The monoisotopic (exact) mass is 476 g/mol. The minimum Gasteiger partial charge on any atom is -0.464 e. The molecule has 0 bridgehead atoms. The van der Waals surface area contributed by atoms with Crippen molar-refractivity contribution < 1.29 is 22.5 Å². The average Bonchev–Trinajstić information content (AvgIpc) is 3.41. The van der Waals surface area contributed by atoms with Crippen molar-refractivity contribution in [1.29, 1.82) is 0 Å². The molecule has 13 nitrogen and oxygen atoms in total. The Bertz CT molecular complexity index is 1540. The number of aromatic amines is 1. The molecule has 32 heavy (non-hydrogen) atoms. The van der Waals surface area contributed by atoms with E-state index in [1.807, 2.05) is 0 Å². The Morgan fingerprint density at radius 3 is 2.88 bits per heavy atom. The zero-order valence-corrected chi connectivity index (χ0v) is 17.8. The number of H-pyrrole nitrogens is 1. The number of imidazole rings is 1. The van der Waals surface area contributed by atoms with Gasteiger partial charge in [0.25, 0.3) is 15.8 Å². The third-order valence-corrected chi connectivity index (χ3v) is 5.41. The molecule has 1 aromatic carbocycles. The first-order valence-corrected chi connectivity index (χ1v) is 10.8. The normalized spacial score (nSPS) is 12.1. The number of halogens is 1. The van der Waals surface area contributed by atoms with Gasteiger partial charge in [-0.05, 0) is 12.1 Å². The largest absolute Gasteiger partial charge is 0.464 e. The van der Waals surface area contributed by atoms with Crippen molar-refractivity contribution in [3.05, 3.63) is 46.5 Å². The van der Waals surface area contributed by atoms with Crippen LogP contribution in [0.25, 0.3) is 21.5 Å². The molecule has 4 aromatic rings. The van der Waals surface area contributed by atoms with E-state index in [0.717, 1.165) is 4.68 Å². The molecule has 0 fully saturated rings. The summed E-state index contributed by atoms with van der Waals surface area (Å²) in [4.78, 5) is 20.0. The van der Waals surface area contributed by atoms with Gasteiger partial charge in [0.1, 0.15) is 5.52 Å². The molecule has 0 spiro atoms. The molecule has 0 aliphatic heterocycles. The van der Waals surface area contributed by atoms with Crippen molar-refractivity contribution in [3.63, 3.8) is 0 Å². The summed E-state index contributed by atoms with van der Waals surface area (Å²) >= 11 is 6.28. The number of hydrogen-bond donors (Lipinski definition) is 2. The number of rotatable bonds is 6. The molecular weight excluding hydrogens is 464 g/mol. The van der Waals surface area contributed by atoms with Crippen molar-refractivity contribution in [3.8, 4) is 0 Å². The van der Waals surface area contributed by atoms with Gasteiger partial charge in [0, 0.05) is 0 Å². The molecule has 164 valence electrons. The molecule has 3 heterocycles. The average molecular weight is 477 g/mol. The lowest BCUT2D eigenvalue weighted by Gasteiger charge is -2.02. The Morgan fingerprint density at radius 1 is 1.41 bits per heavy atom. The predicted molar refractivity (Wildman–Crippen MR) is 112 cm³/mol. The molecule has 0 radical (unpaired) electrons. The van der Waals surface area contributed by atoms with Gasteiger partial charge in [-0.3, -0.25) is 14.3 Å². The number of benzene rings is 1. The number of hydrogen-bond acceptors (Lipinski definition) is 8. The molecule has 0 atom stereocenters. The fourth-order valence-corrected chi connectivity index (χ4v) is 3.64. The second-order valence-corrected chi connectivity index (χ2v) is 8.36. The number of carbonyl (C=O) groups is 1. The van der Waals surface area contributed by atoms with Gasteiger partial charge in [-0.2, -0.15) is 13.5 Å². The fraction of sp³-hybridized carbons (Fsp3) is 0.176. The van der Waals surface area contributed by atoms with Gasteiger partial charge in [0.05, 0.1) is 42.7 Å². The first-order chi connectivity index (χ1) is 15.2. The quantitative estimate of drug-likeness (QED) is 0.187. The summed E-state index contributed by atoms with van der Waals surface area (Å²) in [5.41, 5.74) is 1.22. The maximum atomic E-state index is 12.3. The second-order valence-electron chi connectivity index (χ2n) is 6.38. The van der Waals surface area contributed by atoms with Crippen LogP contribution in [0, 0.1) is 6.57 Å². The summed E-state index contributed by atoms with van der Waals surface area (Å²) in [6.07, 6.45) is 1.18. The van der Waals surface area contributed by atoms with Crippen LogP contribution >= 0.6 is 11.6 Å². The number of esters is 1. The summed E-state index contributed by atoms with van der Waals surface area (Å²) < 4.78 is 38.5. The van der Waals surface area contributed by atoms with Crippen LogP contribution in [0.4, 0.5) is 17.2 Å². The van der Waals surface area contributed by atoms with Crippen molar-refractivity contribution in [2.75, 3.05) is 12.9 Å². The summed E-state index contributed by atoms with van der Waals surface area (Å²) in [5.74, 6) is -1.44. The van der Waals surface area contributed by atoms with E-state index in [0.29, 0.717) is 16.1 Å². The van der Waals surface area contributed by atoms with Gasteiger partial charge in [0.2, 0.25) is 0 Å². The maximum absolute atomic E-state index is 12.3. The Kier molecular flexibility index (Phi) is 5.38. The zero-order chi connectivity index (χ0) is 23.0. The van der Waals surface area contributed by atoms with Crippen molar-refractivity contribution in [2.45, 2.75) is 6.54 Å². The Balaban J connectivity index is 1.86. The zero-order valence-electron chi connectivity index (χ0n) is 16.2. The molecule has 0 unspecified atom stereocenters. The Labute approximate surface area is 184 Å². The van der Waals surface area contributed by atoms with Crippen LogP contribution in [0.3, 0.4) is 0 Å². The molecule has 2 N–H and O–H groups in total. The van der Waals surface area contributed by atoms with Crippen LogP contribution in [0.1, 0.15) is 10.5 Å². The highest BCUT2D eigenvalue weighted by Crippen LogP contribution is 2.35. The van der Waals surface area contributed by atoms with Gasteiger partial charge in [-0.25, -0.2) is 19.1 Å². The summed E-state index contributed by atoms with van der Waals surface area (Å²) in [6, 6.07) is 5.10. The number of carbonyl (C=O) groups excluding carboxylic acids is 1. The predicted octanol–water partition coefficient (Wildman–Crippen LogP) is 3.31. The second kappa shape index (κ2) is 8.04. The molecule has 0 saturated heterocycles. The van der Waals surface area contributed by atoms with Gasteiger partial charge in [0.15, 0.2) is 22.8 Å². The number of aryl methyl sites for hydroxylation is 1. The number of methoxy groups -OCH3 is 1. The van der Waals surface area contributed by atoms with E-state index in [4.69, 9.17) is 27.5 Å². The van der Waals surface area contributed by atoms with Gasteiger partial charge < -0.3 is 4.74 Å². The van der Waals surface area contributed by atoms with E-state index in [2.05, 4.69) is 30.3 Å². The number of aromatic nitrogens is 5. The van der Waals surface area contributed by atoms with Crippen LogP contribution in [-0.4, -0.2) is 56.2 Å². The van der Waals surface area contributed by atoms with Gasteiger partial charge in [-0.1, -0.05) is 17.7 Å². The third-order valence-electron chi connectivity index (χ3n) is 4.41. The number of para-hydroxylation sites is 1. The first-order valence-electron chi connectivity index (χ1n) is 8.80. The van der Waals surface area contributed by atoms with Crippen LogP contribution in [0.5, 0.6) is 0 Å². The smallest absolute Gasteiger partial charge is 0.358 e. The van der Waals surface area contributed by atoms with E-state index < -0.39 is 21.8 Å². The van der Waals surface area contributed by atoms with E-state index in [9.17, 15) is 13.2 Å². The van der Waals surface area contributed by atoms with Crippen LogP contribution in [-0.2, 0) is 21.4 Å². The third kappa shape index (κ3) is 3.80. The molecular formula is C17H13ClN8O5S. The Morgan fingerprint density at radius 2 is 2.19 bits per heavy atom. The SMILES string of the molecule is [C-]#[N+]c1cnn(CCS(=O)(=O)O)c1N=Nc1c(C(=O)OC)[nH]n2c1nc1cccc(Cl)c12. The van der Waals surface area contributed by atoms with E-state index in [-0.39, 0.29) is 35.1 Å². The topological polar surface area (TPSA) is 161 Å². The molecule has 0 saturated carbocycles. The van der Waals surface area contributed by atoms with E-state index >= 15 is 0 Å². The minimum atomic E-state index is -4.27. The fourth-order valence-electron chi connectivity index (χ4n) is 2.98. The summed E-state index contributed by atoms with van der Waals surface area (Å²) in [7, 11) is -3.07. The number of nitrogens with zero attached hydrogens (tertiary/aromatic N) is 7. The standard InChI is InChI=1S/C17H13ClN8O5S/c1-19-11-8-20-25(6-7-32(28,29)30)15(11)23-22-12-13(17(27)31-2)24-26-14-9(18)4-3-5-10(14)21-16(12)26/h3-5,8,24H,6-7H2,2H3,(H,28,29,30). The number of nitrogens with one attached hydrogen (secondary N) is 1. The molecule has 4 rings (SSSR count). The van der Waals surface area contributed by atoms with Gasteiger partial charge in [-0.15, -0.1) is 10.2 Å². The molecule has 15 heteroatoms. The number of ether oxygens (including phenoxy) is 1. The van der Waals surface area contributed by atoms with E-state index in [1.165, 1.54) is 17.8 Å². The van der Waals surface area contributed by atoms with Crippen molar-refractivity contribution >= 4 is 61.6 Å². The maximum Gasteiger partial charge on any atom is 0.358 e. The van der Waals surface area contributed by atoms with Crippen molar-refractivity contribution in [2.24, 2.45) is 10.2 Å². The lowest BCUT2D eigenvalue weighted by Crippen LogP contribution is -2.12. The molecule has 0 aliphatic carbocycles. The summed E-state index contributed by atoms with van der Waals surface area (Å²) in [5, 5.41) is 15.3. The van der Waals surface area contributed by atoms with Crippen LogP contribution < -0.4 is 0 Å².